The van der Waals surface area contributed by atoms with Gasteiger partial charge in [0, 0.05) is 13.2 Å². The summed E-state index contributed by atoms with van der Waals surface area (Å²) in [4.78, 5) is 1.15. The third kappa shape index (κ3) is 2.41. The van der Waals surface area contributed by atoms with Crippen LogP contribution >= 0.6 is 23.6 Å². The second-order valence-corrected chi connectivity index (χ2v) is 5.74. The van der Waals surface area contributed by atoms with Crippen molar-refractivity contribution in [3.05, 3.63) is 22.3 Å². The van der Waals surface area contributed by atoms with Gasteiger partial charge in [-0.25, -0.2) is 0 Å². The number of nitrogens with one attached hydrogen (secondary N) is 1. The van der Waals surface area contributed by atoms with E-state index >= 15 is 0 Å². The Morgan fingerprint density at radius 2 is 2.56 bits per heavy atom. The first-order chi connectivity index (χ1) is 8.84. The van der Waals surface area contributed by atoms with E-state index in [0.717, 1.165) is 30.3 Å². The standard InChI is InChI=1S/C12H15N3OS2/c17-12-14-13-11(10-4-2-8-18-10)15(12)6-5-9-3-1-7-16-9/h2,4,8-9H,1,3,5-7H2,(H,14,17). The average Bonchev–Trinajstić information content (AvgIpc) is 3.08. The minimum Gasteiger partial charge on any atom is -0.378 e. The van der Waals surface area contributed by atoms with E-state index in [2.05, 4.69) is 26.2 Å². The molecule has 2 aromatic rings. The highest BCUT2D eigenvalue weighted by molar-refractivity contribution is 7.71. The lowest BCUT2D eigenvalue weighted by molar-refractivity contribution is 0.100. The molecule has 0 amide bonds. The minimum atomic E-state index is 0.387. The van der Waals surface area contributed by atoms with Crippen molar-refractivity contribution in [3.63, 3.8) is 0 Å². The molecule has 0 radical (unpaired) electrons. The quantitative estimate of drug-likeness (QED) is 0.875. The number of hydrogen-bond acceptors (Lipinski definition) is 4. The van der Waals surface area contributed by atoms with Crippen LogP contribution in [0.25, 0.3) is 10.7 Å². The molecular weight excluding hydrogens is 266 g/mol. The van der Waals surface area contributed by atoms with E-state index in [1.807, 2.05) is 6.07 Å². The van der Waals surface area contributed by atoms with Crippen molar-refractivity contribution in [2.45, 2.75) is 31.9 Å². The van der Waals surface area contributed by atoms with Crippen molar-refractivity contribution >= 4 is 23.6 Å². The molecule has 96 valence electrons. The maximum atomic E-state index is 5.65. The molecule has 1 fully saturated rings. The van der Waals surface area contributed by atoms with Gasteiger partial charge in [-0.3, -0.25) is 9.67 Å². The molecule has 2 aromatic heterocycles. The number of aromatic nitrogens is 3. The van der Waals surface area contributed by atoms with Crippen LogP contribution in [0.4, 0.5) is 0 Å². The molecule has 3 heterocycles. The molecule has 1 unspecified atom stereocenters. The third-order valence-corrected chi connectivity index (χ3v) is 4.38. The molecule has 0 bridgehead atoms. The molecule has 0 saturated carbocycles. The van der Waals surface area contributed by atoms with Gasteiger partial charge in [-0.15, -0.1) is 11.3 Å². The van der Waals surface area contributed by atoms with Crippen LogP contribution in [0.15, 0.2) is 17.5 Å². The number of thiophene rings is 1. The summed E-state index contributed by atoms with van der Waals surface area (Å²) in [5.41, 5.74) is 0. The lowest BCUT2D eigenvalue weighted by Crippen LogP contribution is -2.10. The lowest BCUT2D eigenvalue weighted by atomic mass is 10.2. The van der Waals surface area contributed by atoms with Crippen molar-refractivity contribution < 1.29 is 4.74 Å². The van der Waals surface area contributed by atoms with Crippen LogP contribution in [0, 0.1) is 4.77 Å². The van der Waals surface area contributed by atoms with Gasteiger partial charge >= 0.3 is 0 Å². The molecule has 1 saturated heterocycles. The van der Waals surface area contributed by atoms with Crippen LogP contribution < -0.4 is 0 Å². The summed E-state index contributed by atoms with van der Waals surface area (Å²) in [7, 11) is 0. The number of nitrogens with zero attached hydrogens (tertiary/aromatic N) is 2. The van der Waals surface area contributed by atoms with E-state index in [1.165, 1.54) is 12.8 Å². The Labute approximate surface area is 115 Å². The fourth-order valence-corrected chi connectivity index (χ4v) is 3.21. The molecular formula is C12H15N3OS2. The van der Waals surface area contributed by atoms with E-state index < -0.39 is 0 Å². The Balaban J connectivity index is 1.78. The molecule has 1 N–H and O–H groups in total. The van der Waals surface area contributed by atoms with Gasteiger partial charge in [-0.05, 0) is 42.9 Å². The molecule has 1 aliphatic rings. The highest BCUT2D eigenvalue weighted by Crippen LogP contribution is 2.24. The Kier molecular flexibility index (Phi) is 3.58. The second-order valence-electron chi connectivity index (χ2n) is 4.41. The Morgan fingerprint density at radius 3 is 3.28 bits per heavy atom. The molecule has 0 spiro atoms. The van der Waals surface area contributed by atoms with Crippen molar-refractivity contribution in [3.8, 4) is 10.7 Å². The van der Waals surface area contributed by atoms with Gasteiger partial charge in [0.05, 0.1) is 11.0 Å². The molecule has 0 aromatic carbocycles. The van der Waals surface area contributed by atoms with Crippen molar-refractivity contribution in [1.82, 2.24) is 14.8 Å². The minimum absolute atomic E-state index is 0.387. The van der Waals surface area contributed by atoms with Crippen LogP contribution in [-0.4, -0.2) is 27.5 Å². The molecule has 6 heteroatoms. The van der Waals surface area contributed by atoms with E-state index in [9.17, 15) is 0 Å². The molecule has 0 aliphatic carbocycles. The summed E-state index contributed by atoms with van der Waals surface area (Å²) in [5, 5.41) is 9.25. The predicted octanol–water partition coefficient (Wildman–Crippen LogP) is 3.24. The summed E-state index contributed by atoms with van der Waals surface area (Å²) in [6.07, 6.45) is 3.74. The summed E-state index contributed by atoms with van der Waals surface area (Å²) in [6.45, 7) is 1.77. The first-order valence-electron chi connectivity index (χ1n) is 6.15. The number of ether oxygens (including phenoxy) is 1. The fraction of sp³-hybridized carbons (Fsp3) is 0.500. The van der Waals surface area contributed by atoms with E-state index in [-0.39, 0.29) is 0 Å². The van der Waals surface area contributed by atoms with Gasteiger partial charge in [0.1, 0.15) is 0 Å². The van der Waals surface area contributed by atoms with E-state index in [1.54, 1.807) is 11.3 Å². The largest absolute Gasteiger partial charge is 0.378 e. The smallest absolute Gasteiger partial charge is 0.195 e. The van der Waals surface area contributed by atoms with Crippen LogP contribution in [-0.2, 0) is 11.3 Å². The first kappa shape index (κ1) is 12.1. The summed E-state index contributed by atoms with van der Waals surface area (Å²) in [6, 6.07) is 4.10. The summed E-state index contributed by atoms with van der Waals surface area (Å²) >= 11 is 6.98. The molecule has 3 rings (SSSR count). The average molecular weight is 281 g/mol. The van der Waals surface area contributed by atoms with Gasteiger partial charge in [0.2, 0.25) is 0 Å². The van der Waals surface area contributed by atoms with Gasteiger partial charge in [-0.2, -0.15) is 5.10 Å². The number of hydrogen-bond donors (Lipinski definition) is 1. The monoisotopic (exact) mass is 281 g/mol. The Morgan fingerprint density at radius 1 is 1.61 bits per heavy atom. The Bertz CT molecular complexity index is 552. The lowest BCUT2D eigenvalue weighted by Gasteiger charge is -2.10. The first-order valence-corrected chi connectivity index (χ1v) is 7.44. The van der Waals surface area contributed by atoms with Crippen LogP contribution in [0.1, 0.15) is 19.3 Å². The van der Waals surface area contributed by atoms with Crippen LogP contribution in [0.2, 0.25) is 0 Å². The Hall–Kier alpha value is -0.980. The molecule has 4 nitrogen and oxygen atoms in total. The maximum Gasteiger partial charge on any atom is 0.195 e. The van der Waals surface area contributed by atoms with Crippen LogP contribution in [0.5, 0.6) is 0 Å². The maximum absolute atomic E-state index is 5.65. The molecule has 18 heavy (non-hydrogen) atoms. The molecule has 1 aliphatic heterocycles. The summed E-state index contributed by atoms with van der Waals surface area (Å²) < 4.78 is 8.41. The zero-order valence-corrected chi connectivity index (χ0v) is 11.6. The highest BCUT2D eigenvalue weighted by atomic mass is 32.1. The number of aromatic amines is 1. The molecule has 1 atom stereocenters. The zero-order chi connectivity index (χ0) is 12.4. The SMILES string of the molecule is S=c1[nH]nc(-c2cccs2)n1CCC1CCCO1. The topological polar surface area (TPSA) is 42.8 Å². The number of H-pyrrole nitrogens is 1. The predicted molar refractivity (Wildman–Crippen MR) is 74.3 cm³/mol. The van der Waals surface area contributed by atoms with Crippen molar-refractivity contribution in [2.24, 2.45) is 0 Å². The van der Waals surface area contributed by atoms with Gasteiger partial charge in [0.15, 0.2) is 10.6 Å². The summed E-state index contributed by atoms with van der Waals surface area (Å²) in [5.74, 6) is 0.938. The number of rotatable bonds is 4. The van der Waals surface area contributed by atoms with Crippen molar-refractivity contribution in [1.29, 1.82) is 0 Å². The second kappa shape index (κ2) is 5.34. The zero-order valence-electron chi connectivity index (χ0n) is 9.96. The normalized spacial score (nSPS) is 19.4. The van der Waals surface area contributed by atoms with Gasteiger partial charge in [-0.1, -0.05) is 6.07 Å². The van der Waals surface area contributed by atoms with Gasteiger partial charge in [0.25, 0.3) is 0 Å². The van der Waals surface area contributed by atoms with E-state index in [4.69, 9.17) is 17.0 Å². The highest BCUT2D eigenvalue weighted by Gasteiger charge is 2.17. The fourth-order valence-electron chi connectivity index (χ4n) is 2.26. The van der Waals surface area contributed by atoms with Crippen LogP contribution in [0.3, 0.4) is 0 Å². The van der Waals surface area contributed by atoms with E-state index in [0.29, 0.717) is 10.9 Å². The van der Waals surface area contributed by atoms with Gasteiger partial charge < -0.3 is 4.74 Å². The third-order valence-electron chi connectivity index (χ3n) is 3.20. The van der Waals surface area contributed by atoms with Crippen molar-refractivity contribution in [2.75, 3.05) is 6.61 Å².